The van der Waals surface area contributed by atoms with E-state index in [1.165, 1.54) is 6.07 Å². The number of aromatic nitrogens is 2. The topological polar surface area (TPSA) is 58.3 Å². The van der Waals surface area contributed by atoms with Gasteiger partial charge in [0.2, 0.25) is 5.88 Å². The van der Waals surface area contributed by atoms with Crippen LogP contribution in [0.3, 0.4) is 0 Å². The molecule has 0 saturated heterocycles. The minimum absolute atomic E-state index is 0.0851. The van der Waals surface area contributed by atoms with E-state index in [2.05, 4.69) is 5.10 Å². The Morgan fingerprint density at radius 2 is 1.80 bits per heavy atom. The van der Waals surface area contributed by atoms with Crippen molar-refractivity contribution >= 4 is 34.1 Å². The van der Waals surface area contributed by atoms with Crippen LogP contribution in [-0.4, -0.2) is 20.0 Å². The molecule has 0 amide bonds. The molecule has 0 atom stereocenters. The lowest BCUT2D eigenvalue weighted by Gasteiger charge is -2.05. The van der Waals surface area contributed by atoms with E-state index < -0.39 is 0 Å². The van der Waals surface area contributed by atoms with E-state index in [1.54, 1.807) is 28.9 Å². The van der Waals surface area contributed by atoms with Crippen LogP contribution in [0.4, 0.5) is 0 Å². The predicted octanol–water partition coefficient (Wildman–Crippen LogP) is 3.80. The summed E-state index contributed by atoms with van der Waals surface area (Å²) in [4.78, 5) is 0. The maximum Gasteiger partial charge on any atom is 0.238 e. The van der Waals surface area contributed by atoms with Gasteiger partial charge in [-0.15, -0.1) is 5.10 Å². The number of hydrogen-bond acceptors (Lipinski definition) is 3. The Balaban J connectivity index is 2.04. The number of fused-ring (bicyclic) bond motifs is 1. The monoisotopic (exact) mass is 308 g/mol. The first-order valence-corrected chi connectivity index (χ1v) is 6.62. The van der Waals surface area contributed by atoms with Crippen molar-refractivity contribution < 1.29 is 10.2 Å². The number of benzene rings is 2. The molecule has 2 aromatic carbocycles. The maximum absolute atomic E-state index is 9.80. The molecular formula is C14H10Cl2N2O2. The molecule has 0 aliphatic carbocycles. The lowest BCUT2D eigenvalue weighted by molar-refractivity contribution is 0.445. The summed E-state index contributed by atoms with van der Waals surface area (Å²) in [6.45, 7) is 0.443. The fraction of sp³-hybridized carbons (Fsp3) is 0.0714. The van der Waals surface area contributed by atoms with E-state index in [0.29, 0.717) is 22.0 Å². The summed E-state index contributed by atoms with van der Waals surface area (Å²) in [7, 11) is 0. The van der Waals surface area contributed by atoms with Crippen LogP contribution < -0.4 is 0 Å². The van der Waals surface area contributed by atoms with E-state index in [4.69, 9.17) is 23.2 Å². The van der Waals surface area contributed by atoms with Gasteiger partial charge in [-0.05, 0) is 35.9 Å². The molecule has 6 heteroatoms. The third kappa shape index (κ3) is 2.28. The van der Waals surface area contributed by atoms with Crippen molar-refractivity contribution in [3.8, 4) is 11.6 Å². The van der Waals surface area contributed by atoms with Gasteiger partial charge in [0, 0.05) is 0 Å². The molecule has 2 N–H and O–H groups in total. The zero-order chi connectivity index (χ0) is 14.3. The Hall–Kier alpha value is -1.91. The average molecular weight is 309 g/mol. The van der Waals surface area contributed by atoms with Crippen molar-refractivity contribution in [3.05, 3.63) is 52.0 Å². The molecule has 0 saturated carbocycles. The molecule has 20 heavy (non-hydrogen) atoms. The number of phenols is 1. The van der Waals surface area contributed by atoms with Crippen molar-refractivity contribution in [2.75, 3.05) is 0 Å². The molecule has 0 aliphatic rings. The van der Waals surface area contributed by atoms with E-state index in [-0.39, 0.29) is 11.6 Å². The summed E-state index contributed by atoms with van der Waals surface area (Å²) in [5.74, 6) is -0.0298. The zero-order valence-corrected chi connectivity index (χ0v) is 11.7. The highest BCUT2D eigenvalue weighted by atomic mass is 35.5. The van der Waals surface area contributed by atoms with Gasteiger partial charge in [0.1, 0.15) is 5.75 Å². The molecule has 3 rings (SSSR count). The normalized spacial score (nSPS) is 11.1. The standard InChI is InChI=1S/C14H10Cl2N2O2/c15-11-3-1-8(5-12(11)16)7-18-13-4-2-9(19)6-10(13)14(20)17-18/h1-6,19H,7H2,(H,17,20). The Kier molecular flexibility index (Phi) is 3.20. The highest BCUT2D eigenvalue weighted by molar-refractivity contribution is 6.42. The molecule has 0 unspecified atom stereocenters. The van der Waals surface area contributed by atoms with Gasteiger partial charge in [-0.2, -0.15) is 0 Å². The Morgan fingerprint density at radius 3 is 2.55 bits per heavy atom. The van der Waals surface area contributed by atoms with Gasteiger partial charge in [0.05, 0.1) is 27.5 Å². The number of hydrogen-bond donors (Lipinski definition) is 2. The first-order valence-electron chi connectivity index (χ1n) is 5.87. The quantitative estimate of drug-likeness (QED) is 0.757. The number of rotatable bonds is 2. The molecule has 4 nitrogen and oxygen atoms in total. The van der Waals surface area contributed by atoms with E-state index in [0.717, 1.165) is 11.1 Å². The van der Waals surface area contributed by atoms with Crippen molar-refractivity contribution in [1.29, 1.82) is 0 Å². The number of phenolic OH excluding ortho intramolecular Hbond substituents is 1. The molecule has 3 aromatic rings. The van der Waals surface area contributed by atoms with Crippen molar-refractivity contribution in [2.45, 2.75) is 6.54 Å². The molecule has 0 bridgehead atoms. The Bertz CT molecular complexity index is 799. The van der Waals surface area contributed by atoms with Gasteiger partial charge in [0.15, 0.2) is 0 Å². The third-order valence-electron chi connectivity index (χ3n) is 3.03. The summed E-state index contributed by atoms with van der Waals surface area (Å²) in [5.41, 5.74) is 1.64. The van der Waals surface area contributed by atoms with Gasteiger partial charge < -0.3 is 10.2 Å². The molecule has 102 valence electrons. The van der Waals surface area contributed by atoms with Crippen LogP contribution in [0.2, 0.25) is 10.0 Å². The number of nitrogens with zero attached hydrogens (tertiary/aromatic N) is 2. The van der Waals surface area contributed by atoms with Crippen molar-refractivity contribution in [2.24, 2.45) is 0 Å². The SMILES string of the molecule is Oc1ccc2c(c1)c(O)nn2Cc1ccc(Cl)c(Cl)c1. The third-order valence-corrected chi connectivity index (χ3v) is 3.77. The summed E-state index contributed by atoms with van der Waals surface area (Å²) >= 11 is 11.9. The molecule has 0 spiro atoms. The second-order valence-electron chi connectivity index (χ2n) is 4.43. The fourth-order valence-electron chi connectivity index (χ4n) is 2.08. The summed E-state index contributed by atoms with van der Waals surface area (Å²) in [6.07, 6.45) is 0. The maximum atomic E-state index is 9.80. The Morgan fingerprint density at radius 1 is 1.00 bits per heavy atom. The smallest absolute Gasteiger partial charge is 0.238 e. The lowest BCUT2D eigenvalue weighted by atomic mass is 10.2. The van der Waals surface area contributed by atoms with E-state index >= 15 is 0 Å². The van der Waals surface area contributed by atoms with Gasteiger partial charge in [-0.25, -0.2) is 0 Å². The highest BCUT2D eigenvalue weighted by Crippen LogP contribution is 2.28. The van der Waals surface area contributed by atoms with Crippen LogP contribution in [0.15, 0.2) is 36.4 Å². The molecule has 0 aliphatic heterocycles. The van der Waals surface area contributed by atoms with Crippen molar-refractivity contribution in [1.82, 2.24) is 9.78 Å². The van der Waals surface area contributed by atoms with Crippen LogP contribution >= 0.6 is 23.2 Å². The van der Waals surface area contributed by atoms with Crippen LogP contribution in [-0.2, 0) is 6.54 Å². The molecule has 1 heterocycles. The number of halogens is 2. The lowest BCUT2D eigenvalue weighted by Crippen LogP contribution is -2.01. The van der Waals surface area contributed by atoms with Crippen LogP contribution in [0.5, 0.6) is 11.6 Å². The van der Waals surface area contributed by atoms with E-state index in [9.17, 15) is 10.2 Å². The molecule has 0 radical (unpaired) electrons. The van der Waals surface area contributed by atoms with Crippen LogP contribution in [0.1, 0.15) is 5.56 Å². The van der Waals surface area contributed by atoms with E-state index in [1.807, 2.05) is 6.07 Å². The zero-order valence-electron chi connectivity index (χ0n) is 10.2. The van der Waals surface area contributed by atoms with Crippen LogP contribution in [0, 0.1) is 0 Å². The van der Waals surface area contributed by atoms with Gasteiger partial charge in [-0.3, -0.25) is 4.68 Å². The minimum atomic E-state index is -0.115. The highest BCUT2D eigenvalue weighted by Gasteiger charge is 2.11. The molecule has 1 aromatic heterocycles. The predicted molar refractivity (Wildman–Crippen MR) is 78.6 cm³/mol. The second-order valence-corrected chi connectivity index (χ2v) is 5.25. The van der Waals surface area contributed by atoms with Gasteiger partial charge in [0.25, 0.3) is 0 Å². The molecular weight excluding hydrogens is 299 g/mol. The summed E-state index contributed by atoms with van der Waals surface area (Å²) < 4.78 is 1.64. The summed E-state index contributed by atoms with van der Waals surface area (Å²) in [5, 5.41) is 24.8. The fourth-order valence-corrected chi connectivity index (χ4v) is 2.40. The second kappa shape index (κ2) is 4.89. The first-order chi connectivity index (χ1) is 9.54. The number of aromatic hydroxyl groups is 2. The van der Waals surface area contributed by atoms with Crippen LogP contribution in [0.25, 0.3) is 10.9 Å². The van der Waals surface area contributed by atoms with Gasteiger partial charge >= 0.3 is 0 Å². The minimum Gasteiger partial charge on any atom is -0.508 e. The molecule has 0 fully saturated rings. The van der Waals surface area contributed by atoms with Gasteiger partial charge in [-0.1, -0.05) is 29.3 Å². The first kappa shape index (κ1) is 13.1. The van der Waals surface area contributed by atoms with Crippen molar-refractivity contribution in [3.63, 3.8) is 0 Å². The summed E-state index contributed by atoms with van der Waals surface area (Å²) in [6, 6.07) is 10.1. The average Bonchev–Trinajstić information content (AvgIpc) is 2.70. The Labute approximate surface area is 124 Å². The largest absolute Gasteiger partial charge is 0.508 e.